The Bertz CT molecular complexity index is 796. The van der Waals surface area contributed by atoms with E-state index < -0.39 is 0 Å². The average molecular weight is 345 g/mol. The number of benzene rings is 1. The first-order valence-electron chi connectivity index (χ1n) is 8.09. The van der Waals surface area contributed by atoms with Gasteiger partial charge in [-0.05, 0) is 32.9 Å². The number of para-hydroxylation sites is 1. The van der Waals surface area contributed by atoms with Crippen molar-refractivity contribution in [3.63, 3.8) is 0 Å². The molecule has 0 bridgehead atoms. The summed E-state index contributed by atoms with van der Waals surface area (Å²) >= 11 is 1.32. The second-order valence-corrected chi connectivity index (χ2v) is 6.69. The van der Waals surface area contributed by atoms with E-state index in [0.717, 1.165) is 0 Å². The van der Waals surface area contributed by atoms with Gasteiger partial charge in [-0.2, -0.15) is 0 Å². The zero-order valence-electron chi connectivity index (χ0n) is 14.4. The normalized spacial score (nSPS) is 12.1. The summed E-state index contributed by atoms with van der Waals surface area (Å²) in [7, 11) is 0. The maximum atomic E-state index is 12.7. The van der Waals surface area contributed by atoms with E-state index >= 15 is 0 Å². The fourth-order valence-corrected chi connectivity index (χ4v) is 3.53. The van der Waals surface area contributed by atoms with Crippen LogP contribution in [0.1, 0.15) is 20.8 Å². The molecule has 5 nitrogen and oxygen atoms in total. The van der Waals surface area contributed by atoms with E-state index in [1.54, 1.807) is 21.6 Å². The highest BCUT2D eigenvalue weighted by Crippen LogP contribution is 2.23. The molecule has 0 aliphatic carbocycles. The fraction of sp³-hybridized carbons (Fsp3) is 0.389. The summed E-state index contributed by atoms with van der Waals surface area (Å²) in [5.74, 6) is 0.0533. The summed E-state index contributed by atoms with van der Waals surface area (Å²) in [5, 5.41) is 0.812. The summed E-state index contributed by atoms with van der Waals surface area (Å²) < 4.78 is 1.58. The van der Waals surface area contributed by atoms with Gasteiger partial charge in [-0.25, -0.2) is 4.98 Å². The Labute approximate surface area is 146 Å². The van der Waals surface area contributed by atoms with Crippen LogP contribution in [0.5, 0.6) is 0 Å². The first-order valence-corrected chi connectivity index (χ1v) is 8.97. The van der Waals surface area contributed by atoms with Crippen molar-refractivity contribution in [1.29, 1.82) is 0 Å². The van der Waals surface area contributed by atoms with Crippen molar-refractivity contribution in [1.82, 2.24) is 14.5 Å². The number of allylic oxidation sites excluding steroid dienone is 1. The van der Waals surface area contributed by atoms with E-state index in [2.05, 4.69) is 11.6 Å². The number of rotatable bonds is 7. The SMILES string of the molecule is C=CCn1c(SC(C)C(=O)N(CC)CC)nc2ccccc2c1=O. The van der Waals surface area contributed by atoms with E-state index in [0.29, 0.717) is 35.7 Å². The van der Waals surface area contributed by atoms with Crippen LogP contribution in [0, 0.1) is 0 Å². The van der Waals surface area contributed by atoms with E-state index in [-0.39, 0.29) is 16.7 Å². The van der Waals surface area contributed by atoms with Gasteiger partial charge in [0.25, 0.3) is 5.56 Å². The van der Waals surface area contributed by atoms with Gasteiger partial charge in [0, 0.05) is 19.6 Å². The number of hydrogen-bond donors (Lipinski definition) is 0. The molecule has 1 unspecified atom stereocenters. The molecule has 1 aromatic heterocycles. The van der Waals surface area contributed by atoms with E-state index in [1.165, 1.54) is 11.8 Å². The Morgan fingerprint density at radius 2 is 2.04 bits per heavy atom. The van der Waals surface area contributed by atoms with Crippen LogP contribution in [0.4, 0.5) is 0 Å². The Balaban J connectivity index is 2.43. The predicted molar refractivity (Wildman–Crippen MR) is 99.4 cm³/mol. The highest BCUT2D eigenvalue weighted by molar-refractivity contribution is 8.00. The molecular weight excluding hydrogens is 322 g/mol. The number of carbonyl (C=O) groups is 1. The van der Waals surface area contributed by atoms with Gasteiger partial charge in [0.1, 0.15) is 0 Å². The smallest absolute Gasteiger partial charge is 0.262 e. The first-order chi connectivity index (χ1) is 11.5. The van der Waals surface area contributed by atoms with Crippen molar-refractivity contribution in [2.45, 2.75) is 37.7 Å². The largest absolute Gasteiger partial charge is 0.342 e. The minimum atomic E-state index is -0.311. The number of nitrogens with zero attached hydrogens (tertiary/aromatic N) is 3. The topological polar surface area (TPSA) is 55.2 Å². The van der Waals surface area contributed by atoms with Crippen LogP contribution in [0.2, 0.25) is 0 Å². The monoisotopic (exact) mass is 345 g/mol. The first kappa shape index (κ1) is 18.3. The minimum absolute atomic E-state index is 0.0533. The van der Waals surface area contributed by atoms with Crippen LogP contribution in [-0.4, -0.2) is 38.7 Å². The molecule has 2 rings (SSSR count). The Morgan fingerprint density at radius 1 is 1.38 bits per heavy atom. The van der Waals surface area contributed by atoms with E-state index in [1.807, 2.05) is 39.0 Å². The second-order valence-electron chi connectivity index (χ2n) is 5.39. The molecule has 24 heavy (non-hydrogen) atoms. The number of thioether (sulfide) groups is 1. The third kappa shape index (κ3) is 3.70. The highest BCUT2D eigenvalue weighted by Gasteiger charge is 2.22. The van der Waals surface area contributed by atoms with Crippen LogP contribution in [0.15, 0.2) is 46.9 Å². The van der Waals surface area contributed by atoms with Crippen molar-refractivity contribution in [2.24, 2.45) is 0 Å². The lowest BCUT2D eigenvalue weighted by Gasteiger charge is -2.23. The number of hydrogen-bond acceptors (Lipinski definition) is 4. The number of fused-ring (bicyclic) bond motifs is 1. The van der Waals surface area contributed by atoms with E-state index in [4.69, 9.17) is 0 Å². The van der Waals surface area contributed by atoms with Crippen LogP contribution in [-0.2, 0) is 11.3 Å². The molecule has 0 radical (unpaired) electrons. The molecule has 1 atom stereocenters. The summed E-state index contributed by atoms with van der Waals surface area (Å²) in [5.41, 5.74) is 0.540. The quantitative estimate of drug-likeness (QED) is 0.440. The van der Waals surface area contributed by atoms with Crippen molar-refractivity contribution < 1.29 is 4.79 Å². The molecule has 2 aromatic rings. The number of aromatic nitrogens is 2. The summed E-state index contributed by atoms with van der Waals surface area (Å²) in [6.45, 7) is 11.2. The van der Waals surface area contributed by atoms with Crippen LogP contribution in [0.25, 0.3) is 10.9 Å². The Hall–Kier alpha value is -2.08. The fourth-order valence-electron chi connectivity index (χ4n) is 2.53. The van der Waals surface area contributed by atoms with Crippen LogP contribution in [0.3, 0.4) is 0 Å². The molecule has 0 saturated carbocycles. The molecule has 1 amide bonds. The molecular formula is C18H23N3O2S. The minimum Gasteiger partial charge on any atom is -0.342 e. The number of amides is 1. The molecule has 128 valence electrons. The van der Waals surface area contributed by atoms with Crippen LogP contribution < -0.4 is 5.56 Å². The molecule has 0 N–H and O–H groups in total. The van der Waals surface area contributed by atoms with Gasteiger partial charge in [-0.15, -0.1) is 6.58 Å². The Kier molecular flexibility index (Phi) is 6.20. The molecule has 1 aromatic carbocycles. The van der Waals surface area contributed by atoms with Gasteiger partial charge in [0.05, 0.1) is 16.2 Å². The second kappa shape index (κ2) is 8.15. The van der Waals surface area contributed by atoms with Crippen molar-refractivity contribution in [3.8, 4) is 0 Å². The molecule has 0 saturated heterocycles. The predicted octanol–water partition coefficient (Wildman–Crippen LogP) is 2.93. The van der Waals surface area contributed by atoms with Gasteiger partial charge in [0.2, 0.25) is 5.91 Å². The van der Waals surface area contributed by atoms with Crippen LogP contribution >= 0.6 is 11.8 Å². The van der Waals surface area contributed by atoms with Gasteiger partial charge >= 0.3 is 0 Å². The maximum Gasteiger partial charge on any atom is 0.262 e. The lowest BCUT2D eigenvalue weighted by atomic mass is 10.2. The Morgan fingerprint density at radius 3 is 2.67 bits per heavy atom. The van der Waals surface area contributed by atoms with E-state index in [9.17, 15) is 9.59 Å². The molecule has 1 heterocycles. The number of carbonyl (C=O) groups excluding carboxylic acids is 1. The standard InChI is InChI=1S/C18H23N3O2S/c1-5-12-21-17(23)14-10-8-9-11-15(14)19-18(21)24-13(4)16(22)20(6-2)7-3/h5,8-11,13H,1,6-7,12H2,2-4H3. The molecule has 0 aliphatic rings. The summed E-state index contributed by atoms with van der Waals surface area (Å²) in [6, 6.07) is 7.26. The lowest BCUT2D eigenvalue weighted by molar-refractivity contribution is -0.129. The lowest BCUT2D eigenvalue weighted by Crippen LogP contribution is -2.36. The molecule has 0 fully saturated rings. The van der Waals surface area contributed by atoms with Gasteiger partial charge in [-0.1, -0.05) is 30.0 Å². The van der Waals surface area contributed by atoms with Crippen molar-refractivity contribution >= 4 is 28.6 Å². The van der Waals surface area contributed by atoms with Gasteiger partial charge in [0.15, 0.2) is 5.16 Å². The zero-order chi connectivity index (χ0) is 17.7. The summed E-state index contributed by atoms with van der Waals surface area (Å²) in [6.07, 6.45) is 1.67. The van der Waals surface area contributed by atoms with Crippen molar-refractivity contribution in [2.75, 3.05) is 13.1 Å². The third-order valence-electron chi connectivity index (χ3n) is 3.84. The average Bonchev–Trinajstić information content (AvgIpc) is 2.59. The maximum absolute atomic E-state index is 12.7. The van der Waals surface area contributed by atoms with Gasteiger partial charge in [-0.3, -0.25) is 14.2 Å². The molecule has 6 heteroatoms. The van der Waals surface area contributed by atoms with Gasteiger partial charge < -0.3 is 4.90 Å². The molecule has 0 spiro atoms. The van der Waals surface area contributed by atoms with Crippen molar-refractivity contribution in [3.05, 3.63) is 47.3 Å². The molecule has 0 aliphatic heterocycles. The highest BCUT2D eigenvalue weighted by atomic mass is 32.2. The summed E-state index contributed by atoms with van der Waals surface area (Å²) in [4.78, 5) is 31.6. The zero-order valence-corrected chi connectivity index (χ0v) is 15.2. The third-order valence-corrected chi connectivity index (χ3v) is 4.92.